The first-order chi connectivity index (χ1) is 13.1. The molecule has 1 aliphatic heterocycles. The van der Waals surface area contributed by atoms with Gasteiger partial charge in [-0.1, -0.05) is 18.2 Å². The molecule has 0 aliphatic carbocycles. The van der Waals surface area contributed by atoms with Crippen LogP contribution in [-0.2, 0) is 13.0 Å². The van der Waals surface area contributed by atoms with Crippen LogP contribution in [0.25, 0.3) is 11.5 Å². The van der Waals surface area contributed by atoms with E-state index < -0.39 is 0 Å². The highest BCUT2D eigenvalue weighted by molar-refractivity contribution is 5.49. The van der Waals surface area contributed by atoms with E-state index in [1.54, 1.807) is 6.20 Å². The normalized spacial score (nSPS) is 14.0. The summed E-state index contributed by atoms with van der Waals surface area (Å²) in [6.45, 7) is 5.97. The highest BCUT2D eigenvalue weighted by Gasteiger charge is 2.22. The highest BCUT2D eigenvalue weighted by atomic mass is 16.5. The maximum Gasteiger partial charge on any atom is 0.254 e. The van der Waals surface area contributed by atoms with Gasteiger partial charge in [0.15, 0.2) is 5.82 Å². The van der Waals surface area contributed by atoms with Crippen molar-refractivity contribution in [1.82, 2.24) is 19.9 Å². The van der Waals surface area contributed by atoms with E-state index in [-0.39, 0.29) is 5.56 Å². The van der Waals surface area contributed by atoms with Gasteiger partial charge in [0.2, 0.25) is 0 Å². The van der Waals surface area contributed by atoms with Crippen molar-refractivity contribution in [3.63, 3.8) is 0 Å². The summed E-state index contributed by atoms with van der Waals surface area (Å²) in [6.07, 6.45) is 2.36. The Hall–Kier alpha value is -2.99. The van der Waals surface area contributed by atoms with Gasteiger partial charge in [-0.2, -0.15) is 0 Å². The number of H-pyrrole nitrogens is 1. The molecule has 0 spiro atoms. The fourth-order valence-corrected chi connectivity index (χ4v) is 3.27. The van der Waals surface area contributed by atoms with Gasteiger partial charge in [-0.05, 0) is 49.6 Å². The average molecular weight is 362 g/mol. The van der Waals surface area contributed by atoms with Crippen LogP contribution in [0.4, 0.5) is 0 Å². The zero-order valence-electron chi connectivity index (χ0n) is 15.5. The van der Waals surface area contributed by atoms with E-state index in [1.807, 2.05) is 30.3 Å². The number of benzene rings is 1. The number of fused-ring (bicyclic) bond motifs is 1. The van der Waals surface area contributed by atoms with Crippen molar-refractivity contribution in [3.05, 3.63) is 75.3 Å². The Morgan fingerprint density at radius 3 is 2.89 bits per heavy atom. The topological polar surface area (TPSA) is 71.1 Å². The molecular formula is C21H22N4O2. The van der Waals surface area contributed by atoms with E-state index in [2.05, 4.69) is 39.8 Å². The molecule has 3 heterocycles. The van der Waals surface area contributed by atoms with Gasteiger partial charge in [0.1, 0.15) is 18.2 Å². The Balaban J connectivity index is 1.53. The predicted octanol–water partition coefficient (Wildman–Crippen LogP) is 2.84. The summed E-state index contributed by atoms with van der Waals surface area (Å²) >= 11 is 0. The standard InChI is InChI=1S/C21H22N4O2/c1-14-6-5-8-19(15(14)2)27-13-25-11-9-16-18(12-25)23-20(24-21(16)26)17-7-3-4-10-22-17/h3-8,10H,9,11-13H2,1-2H3,(H,23,24,26). The smallest absolute Gasteiger partial charge is 0.254 e. The Morgan fingerprint density at radius 1 is 1.19 bits per heavy atom. The minimum atomic E-state index is -0.0734. The van der Waals surface area contributed by atoms with Crippen LogP contribution in [-0.4, -0.2) is 33.1 Å². The molecular weight excluding hydrogens is 340 g/mol. The van der Waals surface area contributed by atoms with Crippen LogP contribution in [0.3, 0.4) is 0 Å². The summed E-state index contributed by atoms with van der Waals surface area (Å²) in [7, 11) is 0. The van der Waals surface area contributed by atoms with E-state index in [0.29, 0.717) is 31.2 Å². The van der Waals surface area contributed by atoms with Crippen LogP contribution in [0.15, 0.2) is 47.4 Å². The fraction of sp³-hybridized carbons (Fsp3) is 0.286. The molecule has 0 atom stereocenters. The number of nitrogens with one attached hydrogen (secondary N) is 1. The number of aryl methyl sites for hydroxylation is 1. The molecule has 138 valence electrons. The highest BCUT2D eigenvalue weighted by Crippen LogP contribution is 2.22. The van der Waals surface area contributed by atoms with Crippen molar-refractivity contribution in [3.8, 4) is 17.3 Å². The van der Waals surface area contributed by atoms with Crippen molar-refractivity contribution in [1.29, 1.82) is 0 Å². The Morgan fingerprint density at radius 2 is 2.07 bits per heavy atom. The van der Waals surface area contributed by atoms with E-state index in [4.69, 9.17) is 4.74 Å². The van der Waals surface area contributed by atoms with Crippen molar-refractivity contribution in [2.75, 3.05) is 13.3 Å². The first-order valence-corrected chi connectivity index (χ1v) is 9.06. The molecule has 4 rings (SSSR count). The van der Waals surface area contributed by atoms with E-state index in [1.165, 1.54) is 5.56 Å². The molecule has 27 heavy (non-hydrogen) atoms. The second-order valence-corrected chi connectivity index (χ2v) is 6.83. The first-order valence-electron chi connectivity index (χ1n) is 9.06. The van der Waals surface area contributed by atoms with Crippen LogP contribution in [0.2, 0.25) is 0 Å². The van der Waals surface area contributed by atoms with Gasteiger partial charge < -0.3 is 9.72 Å². The number of rotatable bonds is 4. The Kier molecular flexibility index (Phi) is 4.73. The lowest BCUT2D eigenvalue weighted by molar-refractivity contribution is 0.111. The lowest BCUT2D eigenvalue weighted by atomic mass is 10.1. The van der Waals surface area contributed by atoms with Gasteiger partial charge >= 0.3 is 0 Å². The largest absolute Gasteiger partial charge is 0.478 e. The maximum absolute atomic E-state index is 12.5. The fourth-order valence-electron chi connectivity index (χ4n) is 3.27. The summed E-state index contributed by atoms with van der Waals surface area (Å²) in [5, 5.41) is 0. The van der Waals surface area contributed by atoms with Gasteiger partial charge in [-0.15, -0.1) is 0 Å². The monoisotopic (exact) mass is 362 g/mol. The van der Waals surface area contributed by atoms with E-state index >= 15 is 0 Å². The van der Waals surface area contributed by atoms with Crippen molar-refractivity contribution in [2.24, 2.45) is 0 Å². The van der Waals surface area contributed by atoms with E-state index in [0.717, 1.165) is 29.1 Å². The van der Waals surface area contributed by atoms with Crippen molar-refractivity contribution >= 4 is 0 Å². The quantitative estimate of drug-likeness (QED) is 0.773. The van der Waals surface area contributed by atoms with Crippen LogP contribution in [0.5, 0.6) is 5.75 Å². The lowest BCUT2D eigenvalue weighted by Crippen LogP contribution is -2.37. The summed E-state index contributed by atoms with van der Waals surface area (Å²) < 4.78 is 6.02. The molecule has 1 aromatic carbocycles. The van der Waals surface area contributed by atoms with E-state index in [9.17, 15) is 4.79 Å². The zero-order valence-corrected chi connectivity index (χ0v) is 15.5. The minimum Gasteiger partial charge on any atom is -0.478 e. The number of ether oxygens (including phenoxy) is 1. The summed E-state index contributed by atoms with van der Waals surface area (Å²) in [5.41, 5.74) is 4.52. The molecule has 0 unspecified atom stereocenters. The molecule has 1 N–H and O–H groups in total. The minimum absolute atomic E-state index is 0.0734. The van der Waals surface area contributed by atoms with Crippen LogP contribution in [0, 0.1) is 13.8 Å². The van der Waals surface area contributed by atoms with Crippen molar-refractivity contribution < 1.29 is 4.74 Å². The summed E-state index contributed by atoms with van der Waals surface area (Å²) in [6, 6.07) is 11.6. The number of hydrogen-bond acceptors (Lipinski definition) is 5. The maximum atomic E-state index is 12.5. The number of hydrogen-bond donors (Lipinski definition) is 1. The lowest BCUT2D eigenvalue weighted by Gasteiger charge is -2.27. The SMILES string of the molecule is Cc1cccc(OCN2CCc3c(nc(-c4ccccn4)[nH]c3=O)C2)c1C. The average Bonchev–Trinajstić information content (AvgIpc) is 2.69. The van der Waals surface area contributed by atoms with Crippen molar-refractivity contribution in [2.45, 2.75) is 26.8 Å². The van der Waals surface area contributed by atoms with Crippen LogP contribution < -0.4 is 10.3 Å². The third-order valence-electron chi connectivity index (χ3n) is 5.02. The van der Waals surface area contributed by atoms with Crippen LogP contribution >= 0.6 is 0 Å². The van der Waals surface area contributed by atoms with Crippen LogP contribution in [0.1, 0.15) is 22.4 Å². The molecule has 0 saturated heterocycles. The van der Waals surface area contributed by atoms with Gasteiger partial charge in [0.05, 0.1) is 5.69 Å². The number of aromatic nitrogens is 3. The number of pyridine rings is 1. The molecule has 0 saturated carbocycles. The first kappa shape index (κ1) is 17.4. The third kappa shape index (κ3) is 3.61. The molecule has 6 heteroatoms. The summed E-state index contributed by atoms with van der Waals surface area (Å²) in [4.78, 5) is 26.4. The zero-order chi connectivity index (χ0) is 18.8. The Labute approximate surface area is 157 Å². The third-order valence-corrected chi connectivity index (χ3v) is 5.02. The molecule has 2 aromatic heterocycles. The second kappa shape index (κ2) is 7.32. The molecule has 6 nitrogen and oxygen atoms in total. The molecule has 0 amide bonds. The molecule has 0 radical (unpaired) electrons. The number of aromatic amines is 1. The Bertz CT molecular complexity index is 1010. The van der Waals surface area contributed by atoms with Gasteiger partial charge in [-0.3, -0.25) is 14.7 Å². The predicted molar refractivity (Wildman–Crippen MR) is 104 cm³/mol. The van der Waals surface area contributed by atoms with Gasteiger partial charge in [-0.25, -0.2) is 4.98 Å². The van der Waals surface area contributed by atoms with Gasteiger partial charge in [0, 0.05) is 24.8 Å². The molecule has 0 fully saturated rings. The second-order valence-electron chi connectivity index (χ2n) is 6.83. The molecule has 0 bridgehead atoms. The molecule has 1 aliphatic rings. The summed E-state index contributed by atoms with van der Waals surface area (Å²) in [5.74, 6) is 1.41. The van der Waals surface area contributed by atoms with Gasteiger partial charge in [0.25, 0.3) is 5.56 Å². The molecule has 3 aromatic rings. The number of nitrogens with zero attached hydrogens (tertiary/aromatic N) is 3.